The zero-order valence-electron chi connectivity index (χ0n) is 12.1. The number of nitrogens with one attached hydrogen (secondary N) is 1. The van der Waals surface area contributed by atoms with Gasteiger partial charge in [0.25, 0.3) is 0 Å². The molecule has 19 heavy (non-hydrogen) atoms. The topological polar surface area (TPSA) is 21.3 Å². The maximum Gasteiger partial charge on any atom is 0.128 e. The van der Waals surface area contributed by atoms with Crippen LogP contribution in [-0.2, 0) is 4.74 Å². The van der Waals surface area contributed by atoms with E-state index in [-0.39, 0.29) is 11.9 Å². The third-order valence-electron chi connectivity index (χ3n) is 3.22. The van der Waals surface area contributed by atoms with E-state index < -0.39 is 11.4 Å². The largest absolute Gasteiger partial charge is 0.379 e. The zero-order chi connectivity index (χ0) is 14.5. The van der Waals surface area contributed by atoms with Crippen LogP contribution in [0.1, 0.15) is 45.2 Å². The Morgan fingerprint density at radius 1 is 1.32 bits per heavy atom. The Labute approximate surface area is 114 Å². The van der Waals surface area contributed by atoms with Crippen molar-refractivity contribution in [1.29, 1.82) is 0 Å². The van der Waals surface area contributed by atoms with Crippen molar-refractivity contribution in [3.05, 3.63) is 35.4 Å². The molecule has 0 saturated heterocycles. The first-order valence-corrected chi connectivity index (χ1v) is 6.63. The first-order chi connectivity index (χ1) is 8.89. The lowest BCUT2D eigenvalue weighted by Crippen LogP contribution is -2.33. The molecular weight excluding hydrogens is 248 g/mol. The van der Waals surface area contributed by atoms with Gasteiger partial charge >= 0.3 is 0 Å². The van der Waals surface area contributed by atoms with Gasteiger partial charge in [0, 0.05) is 18.7 Å². The molecule has 1 rings (SSSR count). The summed E-state index contributed by atoms with van der Waals surface area (Å²) in [7, 11) is 1.62. The summed E-state index contributed by atoms with van der Waals surface area (Å²) in [6, 6.07) is 3.31. The predicted molar refractivity (Wildman–Crippen MR) is 73.1 cm³/mol. The van der Waals surface area contributed by atoms with Crippen molar-refractivity contribution >= 4 is 0 Å². The van der Waals surface area contributed by atoms with E-state index in [1.54, 1.807) is 7.11 Å². The quantitative estimate of drug-likeness (QED) is 0.814. The van der Waals surface area contributed by atoms with Gasteiger partial charge in [-0.05, 0) is 51.4 Å². The highest BCUT2D eigenvalue weighted by Gasteiger charge is 2.25. The lowest BCUT2D eigenvalue weighted by atomic mass is 9.93. The summed E-state index contributed by atoms with van der Waals surface area (Å²) in [6.07, 6.45) is 1.50. The van der Waals surface area contributed by atoms with Gasteiger partial charge in [0.1, 0.15) is 11.6 Å². The maximum atomic E-state index is 13.9. The Kier molecular flexibility index (Phi) is 5.88. The van der Waals surface area contributed by atoms with Crippen LogP contribution in [-0.4, -0.2) is 19.3 Å². The second kappa shape index (κ2) is 6.96. The smallest absolute Gasteiger partial charge is 0.128 e. The lowest BCUT2D eigenvalue weighted by Gasteiger charge is -2.29. The molecule has 0 saturated carbocycles. The second-order valence-electron chi connectivity index (χ2n) is 5.34. The Morgan fingerprint density at radius 2 is 2.00 bits per heavy atom. The normalized spacial score (nSPS) is 13.6. The highest BCUT2D eigenvalue weighted by Crippen LogP contribution is 2.28. The minimum absolute atomic E-state index is 0.259. The van der Waals surface area contributed by atoms with Gasteiger partial charge in [-0.15, -0.1) is 0 Å². The summed E-state index contributed by atoms with van der Waals surface area (Å²) >= 11 is 0. The van der Waals surface area contributed by atoms with E-state index in [4.69, 9.17) is 4.74 Å². The molecule has 0 bridgehead atoms. The van der Waals surface area contributed by atoms with Crippen LogP contribution >= 0.6 is 0 Å². The average Bonchev–Trinajstić information content (AvgIpc) is 2.37. The van der Waals surface area contributed by atoms with Crippen LogP contribution < -0.4 is 5.32 Å². The molecule has 0 heterocycles. The highest BCUT2D eigenvalue weighted by molar-refractivity contribution is 5.22. The number of rotatable bonds is 7. The monoisotopic (exact) mass is 271 g/mol. The maximum absolute atomic E-state index is 13.9. The molecule has 1 atom stereocenters. The van der Waals surface area contributed by atoms with Crippen molar-refractivity contribution in [2.45, 2.75) is 45.3 Å². The van der Waals surface area contributed by atoms with Crippen LogP contribution in [0.15, 0.2) is 18.2 Å². The number of halogens is 2. The number of hydrogen-bond acceptors (Lipinski definition) is 2. The molecule has 0 amide bonds. The summed E-state index contributed by atoms with van der Waals surface area (Å²) in [5.41, 5.74) is -0.0389. The fourth-order valence-electron chi connectivity index (χ4n) is 1.97. The van der Waals surface area contributed by atoms with Crippen LogP contribution in [0.5, 0.6) is 0 Å². The van der Waals surface area contributed by atoms with Crippen LogP contribution in [0.25, 0.3) is 0 Å². The van der Waals surface area contributed by atoms with Gasteiger partial charge in [-0.1, -0.05) is 6.92 Å². The Hall–Kier alpha value is -1.00. The van der Waals surface area contributed by atoms with Crippen LogP contribution in [0, 0.1) is 11.6 Å². The molecule has 0 aliphatic heterocycles. The average molecular weight is 271 g/mol. The van der Waals surface area contributed by atoms with Crippen LogP contribution in [0.4, 0.5) is 8.78 Å². The van der Waals surface area contributed by atoms with Crippen molar-refractivity contribution in [2.75, 3.05) is 13.7 Å². The second-order valence-corrected chi connectivity index (χ2v) is 5.34. The fourth-order valence-corrected chi connectivity index (χ4v) is 1.97. The number of methoxy groups -OCH3 is 1. The zero-order valence-corrected chi connectivity index (χ0v) is 12.1. The lowest BCUT2D eigenvalue weighted by molar-refractivity contribution is 0.00656. The van der Waals surface area contributed by atoms with E-state index in [0.29, 0.717) is 12.0 Å². The van der Waals surface area contributed by atoms with Crippen molar-refractivity contribution in [3.63, 3.8) is 0 Å². The van der Waals surface area contributed by atoms with E-state index in [2.05, 4.69) is 5.32 Å². The van der Waals surface area contributed by atoms with Gasteiger partial charge in [0.2, 0.25) is 0 Å². The molecule has 1 aromatic rings. The molecular formula is C15H23F2NO. The minimum atomic E-state index is -0.421. The van der Waals surface area contributed by atoms with E-state index in [1.165, 1.54) is 12.1 Å². The van der Waals surface area contributed by atoms with E-state index in [0.717, 1.165) is 19.0 Å². The van der Waals surface area contributed by atoms with Crippen molar-refractivity contribution < 1.29 is 13.5 Å². The van der Waals surface area contributed by atoms with Gasteiger partial charge < -0.3 is 10.1 Å². The van der Waals surface area contributed by atoms with Gasteiger partial charge in [0.15, 0.2) is 0 Å². The van der Waals surface area contributed by atoms with Crippen molar-refractivity contribution in [1.82, 2.24) is 5.32 Å². The van der Waals surface area contributed by atoms with E-state index >= 15 is 0 Å². The standard InChI is InChI=1S/C15H23F2NO/c1-5-8-18-14(10-15(2,3)19-4)12-9-11(16)6-7-13(12)17/h6-7,9,14,18H,5,8,10H2,1-4H3. The summed E-state index contributed by atoms with van der Waals surface area (Å²) < 4.78 is 32.6. The fraction of sp³-hybridized carbons (Fsp3) is 0.600. The van der Waals surface area contributed by atoms with Crippen LogP contribution in [0.2, 0.25) is 0 Å². The predicted octanol–water partition coefficient (Wildman–Crippen LogP) is 3.82. The third-order valence-corrected chi connectivity index (χ3v) is 3.22. The van der Waals surface area contributed by atoms with Gasteiger partial charge in [0.05, 0.1) is 5.60 Å². The number of benzene rings is 1. The molecule has 0 radical (unpaired) electrons. The molecule has 108 valence electrons. The van der Waals surface area contributed by atoms with Gasteiger partial charge in [-0.2, -0.15) is 0 Å². The molecule has 0 spiro atoms. The van der Waals surface area contributed by atoms with Gasteiger partial charge in [-0.25, -0.2) is 8.78 Å². The summed E-state index contributed by atoms with van der Waals surface area (Å²) in [6.45, 7) is 6.66. The first kappa shape index (κ1) is 16.1. The highest BCUT2D eigenvalue weighted by atomic mass is 19.1. The molecule has 1 aromatic carbocycles. The first-order valence-electron chi connectivity index (χ1n) is 6.63. The van der Waals surface area contributed by atoms with Crippen molar-refractivity contribution in [2.24, 2.45) is 0 Å². The number of hydrogen-bond donors (Lipinski definition) is 1. The van der Waals surface area contributed by atoms with E-state index in [1.807, 2.05) is 20.8 Å². The summed E-state index contributed by atoms with van der Waals surface area (Å²) in [5, 5.41) is 3.26. The Morgan fingerprint density at radius 3 is 2.58 bits per heavy atom. The van der Waals surface area contributed by atoms with Crippen LogP contribution in [0.3, 0.4) is 0 Å². The minimum Gasteiger partial charge on any atom is -0.379 e. The molecule has 2 nitrogen and oxygen atoms in total. The molecule has 0 aliphatic carbocycles. The van der Waals surface area contributed by atoms with E-state index in [9.17, 15) is 8.78 Å². The molecule has 4 heteroatoms. The Bertz CT molecular complexity index is 407. The van der Waals surface area contributed by atoms with Gasteiger partial charge in [-0.3, -0.25) is 0 Å². The molecule has 0 aromatic heterocycles. The molecule has 0 aliphatic rings. The summed E-state index contributed by atoms with van der Waals surface area (Å²) in [4.78, 5) is 0. The SMILES string of the molecule is CCCNC(CC(C)(C)OC)c1cc(F)ccc1F. The third kappa shape index (κ3) is 4.88. The molecule has 1 N–H and O–H groups in total. The Balaban J connectivity index is 2.98. The molecule has 1 unspecified atom stereocenters. The molecule has 0 fully saturated rings. The number of ether oxygens (including phenoxy) is 1. The summed E-state index contributed by atoms with van der Waals surface area (Å²) in [5.74, 6) is -0.808. The van der Waals surface area contributed by atoms with Crippen molar-refractivity contribution in [3.8, 4) is 0 Å².